The van der Waals surface area contributed by atoms with Gasteiger partial charge in [0.05, 0.1) is 23.8 Å². The molecule has 1 saturated heterocycles. The molecule has 0 aliphatic carbocycles. The van der Waals surface area contributed by atoms with E-state index in [1.54, 1.807) is 6.07 Å². The third-order valence-corrected chi connectivity index (χ3v) is 5.99. The van der Waals surface area contributed by atoms with Gasteiger partial charge in [0.2, 0.25) is 11.8 Å². The van der Waals surface area contributed by atoms with Gasteiger partial charge < -0.3 is 10.6 Å². The van der Waals surface area contributed by atoms with Crippen molar-refractivity contribution in [3.8, 4) is 0 Å². The fourth-order valence-electron chi connectivity index (χ4n) is 3.68. The highest BCUT2D eigenvalue weighted by molar-refractivity contribution is 6.31. The maximum Gasteiger partial charge on any atom is 0.418 e. The summed E-state index contributed by atoms with van der Waals surface area (Å²) < 4.78 is 39.3. The predicted molar refractivity (Wildman–Crippen MR) is 121 cm³/mol. The summed E-state index contributed by atoms with van der Waals surface area (Å²) in [4.78, 5) is 28.7. The van der Waals surface area contributed by atoms with Gasteiger partial charge in [-0.15, -0.1) is 0 Å². The second-order valence-electron chi connectivity index (χ2n) is 7.89. The molecule has 2 amide bonds. The lowest BCUT2D eigenvalue weighted by Crippen LogP contribution is -2.54. The van der Waals surface area contributed by atoms with Gasteiger partial charge in [0.1, 0.15) is 0 Å². The van der Waals surface area contributed by atoms with Crippen LogP contribution in [0.25, 0.3) is 0 Å². The number of piperazine rings is 1. The Morgan fingerprint density at radius 2 is 1.67 bits per heavy atom. The molecule has 10 heteroatoms. The molecule has 2 N–H and O–H groups in total. The molecular formula is C23H26ClF3N4O2. The molecule has 0 unspecified atom stereocenters. The molecule has 3 rings (SSSR count). The van der Waals surface area contributed by atoms with Crippen LogP contribution in [0.15, 0.2) is 48.5 Å². The number of carbonyl (C=O) groups is 2. The fourth-order valence-corrected chi connectivity index (χ4v) is 3.88. The number of nitrogens with one attached hydrogen (secondary N) is 2. The lowest BCUT2D eigenvalue weighted by molar-refractivity contribution is -0.137. The first-order valence-corrected chi connectivity index (χ1v) is 11.0. The maximum atomic E-state index is 13.1. The van der Waals surface area contributed by atoms with Crippen LogP contribution in [0.4, 0.5) is 18.9 Å². The molecular weight excluding hydrogens is 457 g/mol. The number of para-hydroxylation sites is 1. The van der Waals surface area contributed by atoms with Gasteiger partial charge in [-0.2, -0.15) is 13.2 Å². The third kappa shape index (κ3) is 6.93. The summed E-state index contributed by atoms with van der Waals surface area (Å²) in [6.07, 6.45) is -4.54. The number of carbonyl (C=O) groups excluding carboxylic acids is 2. The normalized spacial score (nSPS) is 16.3. The van der Waals surface area contributed by atoms with Gasteiger partial charge in [-0.3, -0.25) is 19.4 Å². The average molecular weight is 483 g/mol. The number of benzene rings is 2. The molecule has 2 aromatic rings. The fraction of sp³-hybridized carbons (Fsp3) is 0.391. The number of anilines is 1. The first kappa shape index (κ1) is 25.0. The Hall–Kier alpha value is -2.62. The number of halogens is 4. The van der Waals surface area contributed by atoms with E-state index >= 15 is 0 Å². The van der Waals surface area contributed by atoms with Crippen molar-refractivity contribution in [1.29, 1.82) is 0 Å². The van der Waals surface area contributed by atoms with Gasteiger partial charge in [-0.25, -0.2) is 0 Å². The molecule has 0 spiro atoms. The van der Waals surface area contributed by atoms with Crippen molar-refractivity contribution >= 4 is 29.1 Å². The van der Waals surface area contributed by atoms with E-state index in [-0.39, 0.29) is 24.2 Å². The van der Waals surface area contributed by atoms with Crippen molar-refractivity contribution in [3.63, 3.8) is 0 Å². The topological polar surface area (TPSA) is 64.7 Å². The van der Waals surface area contributed by atoms with E-state index in [0.29, 0.717) is 37.7 Å². The van der Waals surface area contributed by atoms with Crippen LogP contribution in [0.3, 0.4) is 0 Å². The van der Waals surface area contributed by atoms with E-state index < -0.39 is 17.6 Å². The van der Waals surface area contributed by atoms with Crippen molar-refractivity contribution < 1.29 is 22.8 Å². The summed E-state index contributed by atoms with van der Waals surface area (Å²) >= 11 is 6.12. The summed E-state index contributed by atoms with van der Waals surface area (Å²) in [6, 6.07) is 11.8. The maximum absolute atomic E-state index is 13.1. The van der Waals surface area contributed by atoms with Crippen molar-refractivity contribution in [2.24, 2.45) is 0 Å². The summed E-state index contributed by atoms with van der Waals surface area (Å²) in [5.74, 6) is -0.629. The van der Waals surface area contributed by atoms with E-state index in [9.17, 15) is 22.8 Å². The van der Waals surface area contributed by atoms with E-state index in [1.807, 2.05) is 34.9 Å². The van der Waals surface area contributed by atoms with Crippen LogP contribution in [0, 0.1) is 0 Å². The second kappa shape index (κ2) is 11.0. The van der Waals surface area contributed by atoms with Crippen LogP contribution >= 0.6 is 11.6 Å². The third-order valence-electron chi connectivity index (χ3n) is 5.62. The first-order valence-electron chi connectivity index (χ1n) is 10.6. The number of rotatable bonds is 7. The smallest absolute Gasteiger partial charge is 0.351 e. The highest BCUT2D eigenvalue weighted by atomic mass is 35.5. The Labute approximate surface area is 195 Å². The van der Waals surface area contributed by atoms with Crippen molar-refractivity contribution in [2.45, 2.75) is 25.7 Å². The summed E-state index contributed by atoms with van der Waals surface area (Å²) in [5, 5.41) is 5.85. The number of nitrogens with zero attached hydrogens (tertiary/aromatic N) is 2. The van der Waals surface area contributed by atoms with Crippen LogP contribution in [-0.4, -0.2) is 60.4 Å². The Bertz CT molecular complexity index is 978. The van der Waals surface area contributed by atoms with Crippen LogP contribution < -0.4 is 10.6 Å². The lowest BCUT2D eigenvalue weighted by atomic mass is 10.1. The van der Waals surface area contributed by atoms with E-state index in [2.05, 4.69) is 10.6 Å². The lowest BCUT2D eigenvalue weighted by Gasteiger charge is -2.37. The van der Waals surface area contributed by atoms with E-state index in [4.69, 9.17) is 11.6 Å². The Morgan fingerprint density at radius 3 is 2.33 bits per heavy atom. The predicted octanol–water partition coefficient (Wildman–Crippen LogP) is 3.62. The standard InChI is InChI=1S/C23H26ClF3N4O2/c1-16(22(33)28-14-17-6-2-4-8-19(17)24)31-12-10-30(11-13-31)15-21(32)29-20-9-5-3-7-18(20)23(25,26)27/h2-9,16H,10-15H2,1H3,(H,28,33)(H,29,32)/t16-/m0/s1. The monoisotopic (exact) mass is 482 g/mol. The Balaban J connectivity index is 1.45. The molecule has 1 atom stereocenters. The van der Waals surface area contributed by atoms with Crippen LogP contribution in [0.1, 0.15) is 18.1 Å². The number of amides is 2. The Morgan fingerprint density at radius 1 is 1.03 bits per heavy atom. The molecule has 1 aliphatic rings. The van der Waals surface area contributed by atoms with E-state index in [0.717, 1.165) is 11.6 Å². The van der Waals surface area contributed by atoms with Gasteiger partial charge in [-0.1, -0.05) is 41.9 Å². The molecule has 0 radical (unpaired) electrons. The van der Waals surface area contributed by atoms with Gasteiger partial charge >= 0.3 is 6.18 Å². The minimum atomic E-state index is -4.54. The SMILES string of the molecule is C[C@@H](C(=O)NCc1ccccc1Cl)N1CCN(CC(=O)Nc2ccccc2C(F)(F)F)CC1. The molecule has 33 heavy (non-hydrogen) atoms. The molecule has 1 aliphatic heterocycles. The van der Waals surface area contributed by atoms with E-state index in [1.165, 1.54) is 18.2 Å². The molecule has 1 heterocycles. The zero-order valence-corrected chi connectivity index (χ0v) is 18.9. The molecule has 0 saturated carbocycles. The van der Waals surface area contributed by atoms with Crippen molar-refractivity contribution in [1.82, 2.24) is 15.1 Å². The molecule has 1 fully saturated rings. The molecule has 0 bridgehead atoms. The molecule has 178 valence electrons. The molecule has 6 nitrogen and oxygen atoms in total. The quantitative estimate of drug-likeness (QED) is 0.632. The van der Waals surface area contributed by atoms with Gasteiger partial charge in [0.25, 0.3) is 0 Å². The minimum absolute atomic E-state index is 0.0207. The molecule has 2 aromatic carbocycles. The zero-order valence-electron chi connectivity index (χ0n) is 18.2. The summed E-state index contributed by atoms with van der Waals surface area (Å²) in [5.41, 5.74) is -0.292. The van der Waals surface area contributed by atoms with Crippen LogP contribution in [-0.2, 0) is 22.3 Å². The number of alkyl halides is 3. The van der Waals surface area contributed by atoms with Crippen molar-refractivity contribution in [3.05, 3.63) is 64.7 Å². The van der Waals surface area contributed by atoms with Gasteiger partial charge in [0, 0.05) is 37.7 Å². The minimum Gasteiger partial charge on any atom is -0.351 e. The number of hydrogen-bond acceptors (Lipinski definition) is 4. The summed E-state index contributed by atoms with van der Waals surface area (Å²) in [7, 11) is 0. The second-order valence-corrected chi connectivity index (χ2v) is 8.30. The van der Waals surface area contributed by atoms with Gasteiger partial charge in [-0.05, 0) is 30.7 Å². The Kier molecular flexibility index (Phi) is 8.34. The van der Waals surface area contributed by atoms with Crippen molar-refractivity contribution in [2.75, 3.05) is 38.0 Å². The zero-order chi connectivity index (χ0) is 24.0. The first-order chi connectivity index (χ1) is 15.6. The van der Waals surface area contributed by atoms with Gasteiger partial charge in [0.15, 0.2) is 0 Å². The largest absolute Gasteiger partial charge is 0.418 e. The highest BCUT2D eigenvalue weighted by Crippen LogP contribution is 2.34. The van der Waals surface area contributed by atoms with Crippen LogP contribution in [0.2, 0.25) is 5.02 Å². The summed E-state index contributed by atoms with van der Waals surface area (Å²) in [6.45, 7) is 4.31. The number of hydrogen-bond donors (Lipinski definition) is 2. The van der Waals surface area contributed by atoms with Crippen LogP contribution in [0.5, 0.6) is 0 Å². The molecule has 0 aromatic heterocycles. The average Bonchev–Trinajstić information content (AvgIpc) is 2.78. The highest BCUT2D eigenvalue weighted by Gasteiger charge is 2.34.